The average molecular weight is 421 g/mol. The highest BCUT2D eigenvalue weighted by Gasteiger charge is 2.33. The Bertz CT molecular complexity index is 747. The summed E-state index contributed by atoms with van der Waals surface area (Å²) in [6.07, 6.45) is -2.59. The van der Waals surface area contributed by atoms with Gasteiger partial charge in [-0.3, -0.25) is 0 Å². The Hall–Kier alpha value is -2.23. The lowest BCUT2D eigenvalue weighted by Crippen LogP contribution is -2.44. The molecule has 2 heterocycles. The van der Waals surface area contributed by atoms with Gasteiger partial charge in [0.15, 0.2) is 6.17 Å². The van der Waals surface area contributed by atoms with E-state index in [1.165, 1.54) is 29.3 Å². The lowest BCUT2D eigenvalue weighted by atomic mass is 10.2. The van der Waals surface area contributed by atoms with Crippen LogP contribution >= 0.6 is 15.9 Å². The first kappa shape index (κ1) is 17.6. The fraction of sp³-hybridized carbons (Fsp3) is 0.267. The van der Waals surface area contributed by atoms with E-state index in [4.69, 9.17) is 4.74 Å². The molecule has 0 amide bonds. The SMILES string of the molecule is Fc1cccc(OC2=NN3C(Br)=CNC3C(NCCC(F)(F)F)=C2)c1. The predicted molar refractivity (Wildman–Crippen MR) is 87.0 cm³/mol. The van der Waals surface area contributed by atoms with Gasteiger partial charge < -0.3 is 15.4 Å². The Kier molecular flexibility index (Phi) is 4.89. The molecular formula is C15H13BrF4N4O. The summed E-state index contributed by atoms with van der Waals surface area (Å²) in [5.74, 6) is -0.121. The van der Waals surface area contributed by atoms with Gasteiger partial charge in [0, 0.05) is 24.9 Å². The van der Waals surface area contributed by atoms with Gasteiger partial charge >= 0.3 is 6.18 Å². The third kappa shape index (κ3) is 4.44. The van der Waals surface area contributed by atoms with Crippen molar-refractivity contribution >= 4 is 21.8 Å². The van der Waals surface area contributed by atoms with Crippen LogP contribution in [0, 0.1) is 5.82 Å². The number of halogens is 5. The topological polar surface area (TPSA) is 48.9 Å². The number of nitrogens with zero attached hydrogens (tertiary/aromatic N) is 2. The summed E-state index contributed by atoms with van der Waals surface area (Å²) in [4.78, 5) is 0. The van der Waals surface area contributed by atoms with E-state index in [0.29, 0.717) is 10.3 Å². The molecule has 134 valence electrons. The summed E-state index contributed by atoms with van der Waals surface area (Å²) in [5.41, 5.74) is 0.455. The molecular weight excluding hydrogens is 408 g/mol. The number of hydrazone groups is 1. The van der Waals surface area contributed by atoms with Crippen molar-refractivity contribution in [3.63, 3.8) is 0 Å². The average Bonchev–Trinajstić information content (AvgIpc) is 2.88. The van der Waals surface area contributed by atoms with Crippen LogP contribution in [0.25, 0.3) is 0 Å². The molecule has 0 aromatic heterocycles. The van der Waals surface area contributed by atoms with Crippen molar-refractivity contribution in [1.29, 1.82) is 0 Å². The number of hydrogen-bond donors (Lipinski definition) is 2. The van der Waals surface area contributed by atoms with Gasteiger partial charge in [0.2, 0.25) is 5.90 Å². The minimum Gasteiger partial charge on any atom is -0.437 e. The van der Waals surface area contributed by atoms with Crippen LogP contribution in [0.3, 0.4) is 0 Å². The molecule has 3 rings (SSSR count). The van der Waals surface area contributed by atoms with Crippen molar-refractivity contribution in [2.75, 3.05) is 6.54 Å². The van der Waals surface area contributed by atoms with Crippen LogP contribution in [-0.2, 0) is 0 Å². The van der Waals surface area contributed by atoms with Crippen molar-refractivity contribution in [3.8, 4) is 5.75 Å². The fourth-order valence-corrected chi connectivity index (χ4v) is 2.70. The first-order chi connectivity index (χ1) is 11.8. The molecule has 2 aliphatic heterocycles. The molecule has 0 spiro atoms. The summed E-state index contributed by atoms with van der Waals surface area (Å²) in [6.45, 7) is -0.285. The second-order valence-electron chi connectivity index (χ2n) is 5.27. The fourth-order valence-electron chi connectivity index (χ4n) is 2.28. The number of rotatable bonds is 4. The van der Waals surface area contributed by atoms with E-state index < -0.39 is 24.6 Å². The van der Waals surface area contributed by atoms with E-state index in [1.807, 2.05) is 0 Å². The Morgan fingerprint density at radius 2 is 2.16 bits per heavy atom. The number of hydrogen-bond acceptors (Lipinski definition) is 5. The minimum absolute atomic E-state index is 0.116. The minimum atomic E-state index is -4.25. The van der Waals surface area contributed by atoms with Crippen molar-refractivity contribution in [1.82, 2.24) is 15.6 Å². The lowest BCUT2D eigenvalue weighted by Gasteiger charge is -2.29. The second kappa shape index (κ2) is 6.95. The maximum absolute atomic E-state index is 13.3. The van der Waals surface area contributed by atoms with Crippen LogP contribution in [-0.4, -0.2) is 29.8 Å². The molecule has 1 unspecified atom stereocenters. The summed E-state index contributed by atoms with van der Waals surface area (Å²) in [5, 5.41) is 11.5. The number of fused-ring (bicyclic) bond motifs is 1. The Morgan fingerprint density at radius 1 is 1.36 bits per heavy atom. The summed E-state index contributed by atoms with van der Waals surface area (Å²) < 4.78 is 56.4. The maximum Gasteiger partial charge on any atom is 0.390 e. The predicted octanol–water partition coefficient (Wildman–Crippen LogP) is 3.38. The smallest absolute Gasteiger partial charge is 0.390 e. The Labute approximate surface area is 149 Å². The molecule has 0 radical (unpaired) electrons. The molecule has 1 aromatic rings. The molecule has 0 fully saturated rings. The van der Waals surface area contributed by atoms with E-state index in [1.54, 1.807) is 12.3 Å². The third-order valence-corrected chi connectivity index (χ3v) is 3.95. The van der Waals surface area contributed by atoms with E-state index in [-0.39, 0.29) is 18.2 Å². The van der Waals surface area contributed by atoms with E-state index >= 15 is 0 Å². The molecule has 0 aliphatic carbocycles. The van der Waals surface area contributed by atoms with Crippen LogP contribution in [0.1, 0.15) is 6.42 Å². The van der Waals surface area contributed by atoms with Crippen molar-refractivity contribution < 1.29 is 22.3 Å². The zero-order valence-electron chi connectivity index (χ0n) is 12.6. The van der Waals surface area contributed by atoms with Crippen molar-refractivity contribution in [3.05, 3.63) is 52.7 Å². The molecule has 1 aromatic carbocycles. The number of nitrogens with one attached hydrogen (secondary N) is 2. The standard InChI is InChI=1S/C15H13BrF4N4O/c16-12-8-22-14-11(21-5-4-15(18,19)20)7-13(23-24(12)14)25-10-3-1-2-9(17)6-10/h1-3,6-8,14,21-22H,4-5H2. The van der Waals surface area contributed by atoms with Gasteiger partial charge in [-0.1, -0.05) is 6.07 Å². The van der Waals surface area contributed by atoms with Crippen LogP contribution in [0.2, 0.25) is 0 Å². The van der Waals surface area contributed by atoms with Crippen LogP contribution < -0.4 is 15.4 Å². The van der Waals surface area contributed by atoms with Crippen LogP contribution in [0.5, 0.6) is 5.75 Å². The quantitative estimate of drug-likeness (QED) is 0.579. The summed E-state index contributed by atoms with van der Waals surface area (Å²) in [7, 11) is 0. The number of ether oxygens (including phenoxy) is 1. The Balaban J connectivity index is 1.76. The summed E-state index contributed by atoms with van der Waals surface area (Å²) >= 11 is 3.30. The highest BCUT2D eigenvalue weighted by atomic mass is 79.9. The molecule has 1 atom stereocenters. The normalized spacial score (nSPS) is 19.5. The lowest BCUT2D eigenvalue weighted by molar-refractivity contribution is -0.133. The molecule has 2 aliphatic rings. The third-order valence-electron chi connectivity index (χ3n) is 3.36. The highest BCUT2D eigenvalue weighted by molar-refractivity contribution is 9.11. The maximum atomic E-state index is 13.3. The monoisotopic (exact) mass is 420 g/mol. The van der Waals surface area contributed by atoms with Crippen LogP contribution in [0.15, 0.2) is 51.9 Å². The largest absolute Gasteiger partial charge is 0.437 e. The van der Waals surface area contributed by atoms with Gasteiger partial charge in [0.1, 0.15) is 16.2 Å². The van der Waals surface area contributed by atoms with Crippen molar-refractivity contribution in [2.24, 2.45) is 5.10 Å². The van der Waals surface area contributed by atoms with Crippen molar-refractivity contribution in [2.45, 2.75) is 18.8 Å². The molecule has 2 N–H and O–H groups in total. The first-order valence-electron chi connectivity index (χ1n) is 7.27. The van der Waals surface area contributed by atoms with Gasteiger partial charge in [-0.05, 0) is 28.1 Å². The van der Waals surface area contributed by atoms with Gasteiger partial charge in [0.25, 0.3) is 0 Å². The van der Waals surface area contributed by atoms with Gasteiger partial charge in [0.05, 0.1) is 12.1 Å². The molecule has 0 saturated carbocycles. The molecule has 0 bridgehead atoms. The van der Waals surface area contributed by atoms with Gasteiger partial charge in [-0.2, -0.15) is 13.2 Å². The number of benzene rings is 1. The zero-order chi connectivity index (χ0) is 18.0. The Morgan fingerprint density at radius 3 is 2.88 bits per heavy atom. The molecule has 5 nitrogen and oxygen atoms in total. The number of alkyl halides is 3. The molecule has 10 heteroatoms. The van der Waals surface area contributed by atoms with Gasteiger partial charge in [-0.15, -0.1) is 5.10 Å². The molecule has 0 saturated heterocycles. The second-order valence-corrected chi connectivity index (χ2v) is 6.08. The molecule has 25 heavy (non-hydrogen) atoms. The van der Waals surface area contributed by atoms with E-state index in [0.717, 1.165) is 0 Å². The zero-order valence-corrected chi connectivity index (χ0v) is 14.2. The first-order valence-corrected chi connectivity index (χ1v) is 8.06. The van der Waals surface area contributed by atoms with Crippen LogP contribution in [0.4, 0.5) is 17.6 Å². The van der Waals surface area contributed by atoms with E-state index in [2.05, 4.69) is 31.7 Å². The van der Waals surface area contributed by atoms with Gasteiger partial charge in [-0.25, -0.2) is 9.40 Å². The highest BCUT2D eigenvalue weighted by Crippen LogP contribution is 2.28. The van der Waals surface area contributed by atoms with E-state index in [9.17, 15) is 17.6 Å². The summed E-state index contributed by atoms with van der Waals surface area (Å²) in [6, 6.07) is 5.49.